The molecular formula is C25H19ClN2O. The van der Waals surface area contributed by atoms with Gasteiger partial charge in [-0.05, 0) is 48.4 Å². The first-order chi connectivity index (χ1) is 14.1. The summed E-state index contributed by atoms with van der Waals surface area (Å²) in [5.41, 5.74) is 4.01. The molecule has 3 nitrogen and oxygen atoms in total. The number of aromatic nitrogens is 2. The van der Waals surface area contributed by atoms with Crippen molar-refractivity contribution in [2.75, 3.05) is 0 Å². The van der Waals surface area contributed by atoms with Crippen LogP contribution in [0.25, 0.3) is 29.0 Å². The van der Waals surface area contributed by atoms with Crippen molar-refractivity contribution >= 4 is 23.8 Å². The highest BCUT2D eigenvalue weighted by Crippen LogP contribution is 2.23. The van der Waals surface area contributed by atoms with E-state index in [9.17, 15) is 4.79 Å². The molecule has 0 saturated carbocycles. The third kappa shape index (κ3) is 4.05. The first-order valence-electron chi connectivity index (χ1n) is 9.31. The van der Waals surface area contributed by atoms with Crippen LogP contribution in [0.5, 0.6) is 0 Å². The monoisotopic (exact) mass is 398 g/mol. The number of benzene rings is 3. The average molecular weight is 399 g/mol. The summed E-state index contributed by atoms with van der Waals surface area (Å²) in [6, 6.07) is 27.1. The second-order valence-corrected chi connectivity index (χ2v) is 7.09. The molecule has 0 aliphatic carbocycles. The molecule has 0 aliphatic heterocycles. The molecule has 142 valence electrons. The molecule has 1 heterocycles. The zero-order valence-electron chi connectivity index (χ0n) is 15.9. The molecule has 4 aromatic rings. The quantitative estimate of drug-likeness (QED) is 0.420. The lowest BCUT2D eigenvalue weighted by atomic mass is 10.1. The van der Waals surface area contributed by atoms with Crippen molar-refractivity contribution in [3.05, 3.63) is 117 Å². The lowest BCUT2D eigenvalue weighted by molar-refractivity contribution is 0.900. The van der Waals surface area contributed by atoms with Crippen molar-refractivity contribution in [3.63, 3.8) is 0 Å². The minimum atomic E-state index is -0.239. The Hall–Kier alpha value is -3.43. The minimum Gasteiger partial charge on any atom is -0.298 e. The second-order valence-electron chi connectivity index (χ2n) is 6.66. The van der Waals surface area contributed by atoms with E-state index in [1.54, 1.807) is 0 Å². The summed E-state index contributed by atoms with van der Waals surface area (Å²) in [5.74, 6) is 0.577. The lowest BCUT2D eigenvalue weighted by Crippen LogP contribution is -2.20. The van der Waals surface area contributed by atoms with Crippen LogP contribution in [0.4, 0.5) is 0 Å². The van der Waals surface area contributed by atoms with Crippen molar-refractivity contribution in [3.8, 4) is 16.8 Å². The van der Waals surface area contributed by atoms with Crippen LogP contribution < -0.4 is 5.56 Å². The summed E-state index contributed by atoms with van der Waals surface area (Å²) in [5, 5.41) is 0.685. The van der Waals surface area contributed by atoms with Gasteiger partial charge in [-0.2, -0.15) is 4.98 Å². The van der Waals surface area contributed by atoms with Crippen molar-refractivity contribution < 1.29 is 0 Å². The highest BCUT2D eigenvalue weighted by molar-refractivity contribution is 6.30. The summed E-state index contributed by atoms with van der Waals surface area (Å²) in [6.07, 6.45) is 3.79. The molecule has 0 radical (unpaired) electrons. The Morgan fingerprint density at radius 3 is 2.10 bits per heavy atom. The molecule has 0 fully saturated rings. The van der Waals surface area contributed by atoms with Gasteiger partial charge in [0.05, 0.1) is 5.56 Å². The molecule has 1 aromatic heterocycles. The van der Waals surface area contributed by atoms with E-state index in [2.05, 4.69) is 4.98 Å². The fourth-order valence-electron chi connectivity index (χ4n) is 3.34. The third-order valence-electron chi connectivity index (χ3n) is 4.73. The van der Waals surface area contributed by atoms with E-state index >= 15 is 0 Å². The number of hydrogen-bond donors (Lipinski definition) is 0. The SMILES string of the molecule is Cc1c(-c2ccccc2)c(=O)nc(C=Cc2ccc(Cl)cc2)n1-c1ccccc1. The molecule has 0 atom stereocenters. The zero-order valence-corrected chi connectivity index (χ0v) is 16.7. The second kappa shape index (κ2) is 8.29. The fourth-order valence-corrected chi connectivity index (χ4v) is 3.47. The summed E-state index contributed by atoms with van der Waals surface area (Å²) in [4.78, 5) is 17.3. The van der Waals surface area contributed by atoms with Gasteiger partial charge in [0.1, 0.15) is 5.82 Å². The van der Waals surface area contributed by atoms with Gasteiger partial charge in [-0.15, -0.1) is 0 Å². The molecule has 4 rings (SSSR count). The molecule has 0 saturated heterocycles. The minimum absolute atomic E-state index is 0.239. The van der Waals surface area contributed by atoms with Crippen molar-refractivity contribution in [1.82, 2.24) is 9.55 Å². The standard InChI is InChI=1S/C25H19ClN2O/c1-18-24(20-8-4-2-5-9-20)25(29)27-23(28(18)22-10-6-3-7-11-22)17-14-19-12-15-21(26)16-13-19/h2-17H,1H3. The number of nitrogens with zero attached hydrogens (tertiary/aromatic N) is 2. The van der Waals surface area contributed by atoms with Gasteiger partial charge in [-0.3, -0.25) is 9.36 Å². The first kappa shape index (κ1) is 18.9. The van der Waals surface area contributed by atoms with E-state index in [0.29, 0.717) is 16.4 Å². The number of para-hydroxylation sites is 1. The number of rotatable bonds is 4. The van der Waals surface area contributed by atoms with Crippen LogP contribution in [0, 0.1) is 6.92 Å². The molecule has 0 bridgehead atoms. The molecule has 3 aromatic carbocycles. The van der Waals surface area contributed by atoms with Crippen LogP contribution in [0.1, 0.15) is 17.1 Å². The number of hydrogen-bond acceptors (Lipinski definition) is 2. The number of halogens is 1. The maximum Gasteiger partial charge on any atom is 0.281 e. The van der Waals surface area contributed by atoms with Crippen LogP contribution in [0.2, 0.25) is 5.02 Å². The highest BCUT2D eigenvalue weighted by atomic mass is 35.5. The van der Waals surface area contributed by atoms with E-state index in [0.717, 1.165) is 22.5 Å². The lowest BCUT2D eigenvalue weighted by Gasteiger charge is -2.17. The van der Waals surface area contributed by atoms with Crippen LogP contribution in [-0.2, 0) is 0 Å². The molecule has 0 unspecified atom stereocenters. The normalized spacial score (nSPS) is 11.1. The van der Waals surface area contributed by atoms with Crippen molar-refractivity contribution in [2.24, 2.45) is 0 Å². The van der Waals surface area contributed by atoms with Crippen LogP contribution in [-0.4, -0.2) is 9.55 Å². The van der Waals surface area contributed by atoms with Gasteiger partial charge >= 0.3 is 0 Å². The van der Waals surface area contributed by atoms with Crippen LogP contribution in [0.15, 0.2) is 89.7 Å². The van der Waals surface area contributed by atoms with Crippen LogP contribution >= 0.6 is 11.6 Å². The topological polar surface area (TPSA) is 34.9 Å². The average Bonchev–Trinajstić information content (AvgIpc) is 2.74. The van der Waals surface area contributed by atoms with Gasteiger partial charge in [0, 0.05) is 16.4 Å². The summed E-state index contributed by atoms with van der Waals surface area (Å²) < 4.78 is 2.01. The van der Waals surface area contributed by atoms with E-state index in [1.165, 1.54) is 0 Å². The predicted octanol–water partition coefficient (Wildman–Crippen LogP) is 6.03. The summed E-state index contributed by atoms with van der Waals surface area (Å²) in [6.45, 7) is 1.96. The Kier molecular flexibility index (Phi) is 5.41. The van der Waals surface area contributed by atoms with E-state index in [-0.39, 0.29) is 5.56 Å². The predicted molar refractivity (Wildman–Crippen MR) is 120 cm³/mol. The molecule has 0 spiro atoms. The fraction of sp³-hybridized carbons (Fsp3) is 0.0400. The van der Waals surface area contributed by atoms with Gasteiger partial charge in [-0.25, -0.2) is 0 Å². The van der Waals surface area contributed by atoms with E-state index in [4.69, 9.17) is 11.6 Å². The maximum absolute atomic E-state index is 12.9. The molecule has 0 aliphatic rings. The highest BCUT2D eigenvalue weighted by Gasteiger charge is 2.15. The molecule has 4 heteroatoms. The van der Waals surface area contributed by atoms with Gasteiger partial charge in [0.15, 0.2) is 0 Å². The van der Waals surface area contributed by atoms with Gasteiger partial charge in [0.25, 0.3) is 5.56 Å². The molecule has 29 heavy (non-hydrogen) atoms. The molecular weight excluding hydrogens is 380 g/mol. The van der Waals surface area contributed by atoms with Crippen LogP contribution in [0.3, 0.4) is 0 Å². The summed E-state index contributed by atoms with van der Waals surface area (Å²) >= 11 is 5.97. The van der Waals surface area contributed by atoms with Crippen molar-refractivity contribution in [2.45, 2.75) is 6.92 Å². The van der Waals surface area contributed by atoms with Crippen molar-refractivity contribution in [1.29, 1.82) is 0 Å². The Balaban J connectivity index is 1.91. The third-order valence-corrected chi connectivity index (χ3v) is 4.98. The largest absolute Gasteiger partial charge is 0.298 e. The Morgan fingerprint density at radius 2 is 1.45 bits per heavy atom. The van der Waals surface area contributed by atoms with Gasteiger partial charge in [-0.1, -0.05) is 78.3 Å². The van der Waals surface area contributed by atoms with Gasteiger partial charge in [0.2, 0.25) is 0 Å². The molecule has 0 amide bonds. The Bertz CT molecular complexity index is 1210. The summed E-state index contributed by atoms with van der Waals surface area (Å²) in [7, 11) is 0. The molecule has 0 N–H and O–H groups in total. The Labute approximate surface area is 174 Å². The Morgan fingerprint density at radius 1 is 0.828 bits per heavy atom. The van der Waals surface area contributed by atoms with E-state index in [1.807, 2.05) is 109 Å². The van der Waals surface area contributed by atoms with E-state index < -0.39 is 0 Å². The smallest absolute Gasteiger partial charge is 0.281 e. The first-order valence-corrected chi connectivity index (χ1v) is 9.69. The van der Waals surface area contributed by atoms with Gasteiger partial charge < -0.3 is 0 Å². The zero-order chi connectivity index (χ0) is 20.2. The maximum atomic E-state index is 12.9.